The first-order valence-corrected chi connectivity index (χ1v) is 10.5. The molecule has 0 saturated carbocycles. The van der Waals surface area contributed by atoms with Gasteiger partial charge in [-0.05, 0) is 37.1 Å². The number of nitrogens with zero attached hydrogens (tertiary/aromatic N) is 1. The second-order valence-corrected chi connectivity index (χ2v) is 7.81. The van der Waals surface area contributed by atoms with Gasteiger partial charge in [-0.15, -0.1) is 0 Å². The number of fused-ring (bicyclic) bond motifs is 1. The molecule has 3 atom stereocenters. The van der Waals surface area contributed by atoms with Crippen molar-refractivity contribution in [1.82, 2.24) is 0 Å². The van der Waals surface area contributed by atoms with Gasteiger partial charge >= 0.3 is 5.97 Å². The van der Waals surface area contributed by atoms with Gasteiger partial charge in [-0.2, -0.15) is 0 Å². The van der Waals surface area contributed by atoms with Gasteiger partial charge < -0.3 is 15.0 Å². The van der Waals surface area contributed by atoms with Crippen LogP contribution in [-0.2, 0) is 14.3 Å². The van der Waals surface area contributed by atoms with Crippen LogP contribution in [0.15, 0.2) is 84.9 Å². The number of para-hydroxylation sites is 2. The number of anilines is 2. The lowest BCUT2D eigenvalue weighted by Crippen LogP contribution is -2.47. The molecule has 0 saturated heterocycles. The molecular formula is C26H26N2O3. The molecule has 1 heterocycles. The molecule has 1 N–H and O–H groups in total. The van der Waals surface area contributed by atoms with E-state index in [0.717, 1.165) is 23.4 Å². The van der Waals surface area contributed by atoms with Gasteiger partial charge in [-0.25, -0.2) is 0 Å². The zero-order valence-corrected chi connectivity index (χ0v) is 17.7. The quantitative estimate of drug-likeness (QED) is 0.578. The number of carbonyl (C=O) groups excluding carboxylic acids is 2. The molecule has 0 radical (unpaired) electrons. The molecule has 1 amide bonds. The van der Waals surface area contributed by atoms with Crippen LogP contribution in [0.25, 0.3) is 0 Å². The summed E-state index contributed by atoms with van der Waals surface area (Å²) in [4.78, 5) is 27.3. The molecule has 1 aliphatic heterocycles. The predicted molar refractivity (Wildman–Crippen MR) is 122 cm³/mol. The van der Waals surface area contributed by atoms with Crippen molar-refractivity contribution in [2.24, 2.45) is 0 Å². The van der Waals surface area contributed by atoms with E-state index in [0.29, 0.717) is 5.56 Å². The molecule has 5 nitrogen and oxygen atoms in total. The number of ether oxygens (including phenoxy) is 1. The van der Waals surface area contributed by atoms with Crippen molar-refractivity contribution < 1.29 is 14.3 Å². The predicted octanol–water partition coefficient (Wildman–Crippen LogP) is 5.27. The Bertz CT molecular complexity index is 1050. The fourth-order valence-corrected chi connectivity index (χ4v) is 4.20. The number of amides is 1. The van der Waals surface area contributed by atoms with E-state index in [1.165, 1.54) is 6.92 Å². The van der Waals surface area contributed by atoms with Crippen LogP contribution in [0.3, 0.4) is 0 Å². The summed E-state index contributed by atoms with van der Waals surface area (Å²) in [7, 11) is 0. The van der Waals surface area contributed by atoms with Gasteiger partial charge in [0.2, 0.25) is 6.10 Å². The standard InChI is InChI=1S/C26H26N2O3/c1-18-17-23(27-21-13-7-4-8-14-21)22-15-9-10-16-24(22)28(18)26(30)25(31-19(2)29)20-11-5-3-6-12-20/h3-16,18,23,25,27H,17H2,1-2H3/t18-,23-,25+/m0/s1. The monoisotopic (exact) mass is 414 g/mol. The number of hydrogen-bond donors (Lipinski definition) is 1. The van der Waals surface area contributed by atoms with E-state index in [1.807, 2.05) is 91.9 Å². The van der Waals surface area contributed by atoms with Gasteiger partial charge in [0.25, 0.3) is 5.91 Å². The van der Waals surface area contributed by atoms with E-state index in [-0.39, 0.29) is 18.0 Å². The molecular weight excluding hydrogens is 388 g/mol. The van der Waals surface area contributed by atoms with Crippen molar-refractivity contribution in [2.75, 3.05) is 10.2 Å². The summed E-state index contributed by atoms with van der Waals surface area (Å²) in [6, 6.07) is 27.2. The Morgan fingerprint density at radius 1 is 0.935 bits per heavy atom. The average Bonchev–Trinajstić information content (AvgIpc) is 2.78. The third kappa shape index (κ3) is 4.45. The van der Waals surface area contributed by atoms with Crippen LogP contribution in [0.1, 0.15) is 43.5 Å². The Morgan fingerprint density at radius 2 is 1.55 bits per heavy atom. The second kappa shape index (κ2) is 9.04. The lowest BCUT2D eigenvalue weighted by molar-refractivity contribution is -0.153. The molecule has 0 aliphatic carbocycles. The van der Waals surface area contributed by atoms with Crippen molar-refractivity contribution in [3.8, 4) is 0 Å². The van der Waals surface area contributed by atoms with E-state index in [9.17, 15) is 9.59 Å². The highest BCUT2D eigenvalue weighted by molar-refractivity contribution is 5.99. The van der Waals surface area contributed by atoms with Crippen molar-refractivity contribution in [2.45, 2.75) is 38.5 Å². The molecule has 5 heteroatoms. The summed E-state index contributed by atoms with van der Waals surface area (Å²) >= 11 is 0. The topological polar surface area (TPSA) is 58.6 Å². The van der Waals surface area contributed by atoms with Crippen LogP contribution in [0.2, 0.25) is 0 Å². The van der Waals surface area contributed by atoms with Crippen LogP contribution >= 0.6 is 0 Å². The minimum absolute atomic E-state index is 0.0709. The lowest BCUT2D eigenvalue weighted by Gasteiger charge is -2.41. The summed E-state index contributed by atoms with van der Waals surface area (Å²) in [6.07, 6.45) is -0.244. The third-order valence-electron chi connectivity index (χ3n) is 5.55. The van der Waals surface area contributed by atoms with Crippen molar-refractivity contribution in [1.29, 1.82) is 0 Å². The first kappa shape index (κ1) is 20.7. The molecule has 4 rings (SSSR count). The fraction of sp³-hybridized carbons (Fsp3) is 0.231. The van der Waals surface area contributed by atoms with Crippen LogP contribution < -0.4 is 10.2 Å². The maximum absolute atomic E-state index is 13.7. The number of esters is 1. The highest BCUT2D eigenvalue weighted by Gasteiger charge is 2.38. The second-order valence-electron chi connectivity index (χ2n) is 7.81. The number of hydrogen-bond acceptors (Lipinski definition) is 4. The number of carbonyl (C=O) groups is 2. The normalized spacial score (nSPS) is 18.6. The highest BCUT2D eigenvalue weighted by atomic mass is 16.5. The van der Waals surface area contributed by atoms with E-state index in [1.54, 1.807) is 4.90 Å². The third-order valence-corrected chi connectivity index (χ3v) is 5.55. The molecule has 1 aliphatic rings. The van der Waals surface area contributed by atoms with E-state index < -0.39 is 12.1 Å². The molecule has 0 fully saturated rings. The van der Waals surface area contributed by atoms with Crippen molar-refractivity contribution in [3.05, 3.63) is 96.1 Å². The van der Waals surface area contributed by atoms with E-state index >= 15 is 0 Å². The largest absolute Gasteiger partial charge is 0.447 e. The SMILES string of the molecule is CC(=O)O[C@@H](C(=O)N1c2ccccc2[C@@H](Nc2ccccc2)C[C@@H]1C)c1ccccc1. The fourth-order valence-electron chi connectivity index (χ4n) is 4.20. The van der Waals surface area contributed by atoms with Crippen LogP contribution in [0.5, 0.6) is 0 Å². The summed E-state index contributed by atoms with van der Waals surface area (Å²) in [5.41, 5.74) is 3.59. The minimum Gasteiger partial charge on any atom is -0.447 e. The van der Waals surface area contributed by atoms with Gasteiger partial charge in [-0.1, -0.05) is 66.7 Å². The number of rotatable bonds is 5. The molecule has 158 valence electrons. The molecule has 0 spiro atoms. The van der Waals surface area contributed by atoms with Gasteiger partial charge in [0.1, 0.15) is 0 Å². The molecule has 0 bridgehead atoms. The molecule has 3 aromatic carbocycles. The number of nitrogens with one attached hydrogen (secondary N) is 1. The van der Waals surface area contributed by atoms with Crippen LogP contribution in [0, 0.1) is 0 Å². The van der Waals surface area contributed by atoms with Gasteiger partial charge in [0.05, 0.1) is 6.04 Å². The average molecular weight is 415 g/mol. The molecule has 31 heavy (non-hydrogen) atoms. The first-order valence-electron chi connectivity index (χ1n) is 10.5. The lowest BCUT2D eigenvalue weighted by atomic mass is 9.90. The maximum atomic E-state index is 13.7. The first-order chi connectivity index (χ1) is 15.0. The van der Waals surface area contributed by atoms with Crippen LogP contribution in [0.4, 0.5) is 11.4 Å². The smallest absolute Gasteiger partial charge is 0.303 e. The Balaban J connectivity index is 1.69. The molecule has 0 unspecified atom stereocenters. The van der Waals surface area contributed by atoms with E-state index in [4.69, 9.17) is 4.74 Å². The summed E-state index contributed by atoms with van der Waals surface area (Å²) in [5, 5.41) is 3.60. The Morgan fingerprint density at radius 3 is 2.23 bits per heavy atom. The Labute approximate surface area is 182 Å². The zero-order chi connectivity index (χ0) is 21.8. The Hall–Kier alpha value is -3.60. The Kier molecular flexibility index (Phi) is 6.03. The van der Waals surface area contributed by atoms with Gasteiger partial charge in [-0.3, -0.25) is 9.59 Å². The summed E-state index contributed by atoms with van der Waals surface area (Å²) in [6.45, 7) is 3.36. The summed E-state index contributed by atoms with van der Waals surface area (Å²) < 4.78 is 5.49. The number of benzene rings is 3. The highest BCUT2D eigenvalue weighted by Crippen LogP contribution is 2.40. The molecule has 3 aromatic rings. The summed E-state index contributed by atoms with van der Waals surface area (Å²) in [5.74, 6) is -0.719. The van der Waals surface area contributed by atoms with Crippen molar-refractivity contribution in [3.63, 3.8) is 0 Å². The zero-order valence-electron chi connectivity index (χ0n) is 17.7. The van der Waals surface area contributed by atoms with Crippen LogP contribution in [-0.4, -0.2) is 17.9 Å². The minimum atomic E-state index is -0.979. The van der Waals surface area contributed by atoms with Gasteiger partial charge in [0.15, 0.2) is 0 Å². The molecule has 0 aromatic heterocycles. The maximum Gasteiger partial charge on any atom is 0.303 e. The van der Waals surface area contributed by atoms with Crippen molar-refractivity contribution >= 4 is 23.3 Å². The van der Waals surface area contributed by atoms with Gasteiger partial charge in [0, 0.05) is 29.9 Å². The van der Waals surface area contributed by atoms with E-state index in [2.05, 4.69) is 5.32 Å².